The molecule has 4 aromatic rings. The van der Waals surface area contributed by atoms with Gasteiger partial charge in [-0.15, -0.1) is 0 Å². The molecule has 3 aromatic heterocycles. The Morgan fingerprint density at radius 3 is 2.64 bits per heavy atom. The van der Waals surface area contributed by atoms with E-state index in [2.05, 4.69) is 14.7 Å². The smallest absolute Gasteiger partial charge is 0.452 e. The number of benzene rings is 1. The number of aryl methyl sites for hydroxylation is 1. The minimum atomic E-state index is -4.65. The van der Waals surface area contributed by atoms with E-state index in [1.807, 2.05) is 6.92 Å². The SMILES string of the molecule is Cc1cn(-c2ccc3n(c2=O)CCN(CCOc2ccccc2-c2cc(C(F)(F)F)on2)C3=O)cn1. The first-order valence-corrected chi connectivity index (χ1v) is 11.0. The third-order valence-electron chi connectivity index (χ3n) is 5.82. The van der Waals surface area contributed by atoms with Gasteiger partial charge in [0, 0.05) is 30.9 Å². The van der Waals surface area contributed by atoms with Gasteiger partial charge in [0.05, 0.1) is 18.6 Å². The maximum atomic E-state index is 13.0. The zero-order chi connectivity index (χ0) is 25.4. The molecule has 0 N–H and O–H groups in total. The molecular formula is C24H20F3N5O4. The summed E-state index contributed by atoms with van der Waals surface area (Å²) in [6.07, 6.45) is -1.36. The summed E-state index contributed by atoms with van der Waals surface area (Å²) in [6.45, 7) is 2.75. The number of carbonyl (C=O) groups is 1. The van der Waals surface area contributed by atoms with Gasteiger partial charge < -0.3 is 23.3 Å². The van der Waals surface area contributed by atoms with Crippen molar-refractivity contribution in [3.63, 3.8) is 0 Å². The van der Waals surface area contributed by atoms with Crippen molar-refractivity contribution in [2.24, 2.45) is 0 Å². The highest BCUT2D eigenvalue weighted by Gasteiger charge is 2.36. The average molecular weight is 499 g/mol. The lowest BCUT2D eigenvalue weighted by molar-refractivity contribution is -0.155. The number of nitrogens with zero attached hydrogens (tertiary/aromatic N) is 5. The first-order valence-electron chi connectivity index (χ1n) is 11.0. The van der Waals surface area contributed by atoms with Crippen molar-refractivity contribution < 1.29 is 27.2 Å². The number of alkyl halides is 3. The highest BCUT2D eigenvalue weighted by molar-refractivity contribution is 5.93. The molecule has 4 heterocycles. The number of amides is 1. The summed E-state index contributed by atoms with van der Waals surface area (Å²) in [6, 6.07) is 10.5. The van der Waals surface area contributed by atoms with Crippen molar-refractivity contribution in [2.45, 2.75) is 19.6 Å². The fourth-order valence-electron chi connectivity index (χ4n) is 4.03. The second-order valence-corrected chi connectivity index (χ2v) is 8.19. The number of para-hydroxylation sites is 1. The topological polar surface area (TPSA) is 95.4 Å². The van der Waals surface area contributed by atoms with Crippen LogP contribution in [0.2, 0.25) is 0 Å². The lowest BCUT2D eigenvalue weighted by Gasteiger charge is -2.29. The maximum Gasteiger partial charge on any atom is 0.452 e. The van der Waals surface area contributed by atoms with E-state index < -0.39 is 11.9 Å². The largest absolute Gasteiger partial charge is 0.491 e. The maximum absolute atomic E-state index is 13.0. The number of ether oxygens (including phenoxy) is 1. The van der Waals surface area contributed by atoms with Crippen LogP contribution < -0.4 is 10.3 Å². The monoisotopic (exact) mass is 499 g/mol. The van der Waals surface area contributed by atoms with E-state index in [1.165, 1.54) is 4.57 Å². The van der Waals surface area contributed by atoms with E-state index in [4.69, 9.17) is 4.74 Å². The number of imidazole rings is 1. The van der Waals surface area contributed by atoms with Gasteiger partial charge in [-0.05, 0) is 31.2 Å². The molecule has 1 aliphatic heterocycles. The minimum Gasteiger partial charge on any atom is -0.491 e. The van der Waals surface area contributed by atoms with Crippen LogP contribution in [-0.4, -0.2) is 49.8 Å². The van der Waals surface area contributed by atoms with Gasteiger partial charge in [-0.1, -0.05) is 17.3 Å². The van der Waals surface area contributed by atoms with Gasteiger partial charge in [-0.3, -0.25) is 9.59 Å². The van der Waals surface area contributed by atoms with Crippen LogP contribution in [0, 0.1) is 6.92 Å². The quantitative estimate of drug-likeness (QED) is 0.403. The molecule has 0 saturated heterocycles. The van der Waals surface area contributed by atoms with Crippen LogP contribution in [0.25, 0.3) is 16.9 Å². The molecule has 186 valence electrons. The van der Waals surface area contributed by atoms with Crippen molar-refractivity contribution in [1.82, 2.24) is 24.2 Å². The summed E-state index contributed by atoms with van der Waals surface area (Å²) >= 11 is 0. The van der Waals surface area contributed by atoms with Crippen molar-refractivity contribution >= 4 is 5.91 Å². The molecule has 0 atom stereocenters. The molecule has 0 spiro atoms. The van der Waals surface area contributed by atoms with Crippen LogP contribution in [0.5, 0.6) is 5.75 Å². The molecule has 9 nitrogen and oxygen atoms in total. The molecule has 36 heavy (non-hydrogen) atoms. The van der Waals surface area contributed by atoms with Gasteiger partial charge in [0.2, 0.25) is 5.76 Å². The zero-order valence-corrected chi connectivity index (χ0v) is 19.0. The normalized spacial score (nSPS) is 13.7. The number of halogens is 3. The molecule has 1 amide bonds. The Morgan fingerprint density at radius 1 is 1.11 bits per heavy atom. The predicted octanol–water partition coefficient (Wildman–Crippen LogP) is 3.55. The lowest BCUT2D eigenvalue weighted by atomic mass is 10.1. The van der Waals surface area contributed by atoms with Crippen molar-refractivity contribution in [3.05, 3.63) is 82.5 Å². The molecule has 0 aliphatic carbocycles. The number of rotatable bonds is 6. The summed E-state index contributed by atoms with van der Waals surface area (Å²) in [5.74, 6) is -1.21. The number of hydrogen-bond acceptors (Lipinski definition) is 6. The molecule has 1 aliphatic rings. The summed E-state index contributed by atoms with van der Waals surface area (Å²) in [7, 11) is 0. The molecule has 0 fully saturated rings. The van der Waals surface area contributed by atoms with Gasteiger partial charge >= 0.3 is 6.18 Å². The number of hydrogen-bond donors (Lipinski definition) is 0. The van der Waals surface area contributed by atoms with Crippen LogP contribution >= 0.6 is 0 Å². The first-order chi connectivity index (χ1) is 17.2. The summed E-state index contributed by atoms with van der Waals surface area (Å²) in [4.78, 5) is 31.7. The molecule has 12 heteroatoms. The van der Waals surface area contributed by atoms with Gasteiger partial charge in [0.1, 0.15) is 29.4 Å². The van der Waals surface area contributed by atoms with Gasteiger partial charge in [0.25, 0.3) is 11.5 Å². The molecule has 5 rings (SSSR count). The van der Waals surface area contributed by atoms with Crippen LogP contribution in [-0.2, 0) is 12.7 Å². The van der Waals surface area contributed by atoms with Crippen LogP contribution in [0.3, 0.4) is 0 Å². The van der Waals surface area contributed by atoms with E-state index >= 15 is 0 Å². The third-order valence-corrected chi connectivity index (χ3v) is 5.82. The number of fused-ring (bicyclic) bond motifs is 1. The second-order valence-electron chi connectivity index (χ2n) is 8.19. The Bertz CT molecular complexity index is 1490. The fraction of sp³-hybridized carbons (Fsp3) is 0.250. The van der Waals surface area contributed by atoms with E-state index in [9.17, 15) is 22.8 Å². The Labute approximate surface area is 202 Å². The first kappa shape index (κ1) is 23.4. The minimum absolute atomic E-state index is 0.0100. The van der Waals surface area contributed by atoms with Crippen LogP contribution in [0.1, 0.15) is 21.9 Å². The van der Waals surface area contributed by atoms with E-state index in [0.29, 0.717) is 30.1 Å². The lowest BCUT2D eigenvalue weighted by Crippen LogP contribution is -2.46. The Hall–Kier alpha value is -4.35. The van der Waals surface area contributed by atoms with E-state index in [1.54, 1.807) is 58.4 Å². The fourth-order valence-corrected chi connectivity index (χ4v) is 4.03. The molecule has 1 aromatic carbocycles. The van der Waals surface area contributed by atoms with Crippen LogP contribution in [0.4, 0.5) is 13.2 Å². The van der Waals surface area contributed by atoms with E-state index in [0.717, 1.165) is 11.8 Å². The van der Waals surface area contributed by atoms with Crippen LogP contribution in [0.15, 0.2) is 64.3 Å². The molecule has 0 radical (unpaired) electrons. The standard InChI is InChI=1S/C24H20F3N5O4/c1-15-13-31(14-28-15)18-6-7-19-22(33)30(8-9-32(19)23(18)34)10-11-35-20-5-3-2-4-16(20)17-12-21(36-29-17)24(25,26)27/h2-7,12-14H,8-11H2,1H3. The Kier molecular flexibility index (Phi) is 5.86. The molecule has 0 saturated carbocycles. The van der Waals surface area contributed by atoms with Crippen molar-refractivity contribution in [1.29, 1.82) is 0 Å². The zero-order valence-electron chi connectivity index (χ0n) is 19.0. The van der Waals surface area contributed by atoms with Gasteiger partial charge in [-0.25, -0.2) is 4.98 Å². The number of aromatic nitrogens is 4. The average Bonchev–Trinajstić information content (AvgIpc) is 3.51. The summed E-state index contributed by atoms with van der Waals surface area (Å²) in [5.41, 5.74) is 1.49. The third kappa shape index (κ3) is 4.37. The molecule has 0 bridgehead atoms. The second kappa shape index (κ2) is 9.02. The predicted molar refractivity (Wildman–Crippen MR) is 121 cm³/mol. The molecule has 0 unspecified atom stereocenters. The number of carbonyl (C=O) groups excluding carboxylic acids is 1. The Balaban J connectivity index is 1.28. The van der Waals surface area contributed by atoms with E-state index in [-0.39, 0.29) is 36.0 Å². The van der Waals surface area contributed by atoms with Gasteiger partial charge in [0.15, 0.2) is 0 Å². The summed E-state index contributed by atoms with van der Waals surface area (Å²) < 4.78 is 51.9. The van der Waals surface area contributed by atoms with Gasteiger partial charge in [-0.2, -0.15) is 13.2 Å². The van der Waals surface area contributed by atoms with Crippen molar-refractivity contribution in [3.8, 4) is 22.7 Å². The highest BCUT2D eigenvalue weighted by atomic mass is 19.4. The Morgan fingerprint density at radius 2 is 1.92 bits per heavy atom. The summed E-state index contributed by atoms with van der Waals surface area (Å²) in [5, 5.41) is 3.51. The highest BCUT2D eigenvalue weighted by Crippen LogP contribution is 2.35. The van der Waals surface area contributed by atoms with Crippen molar-refractivity contribution in [2.75, 3.05) is 19.7 Å². The number of pyridine rings is 1. The molecular weight excluding hydrogens is 479 g/mol.